The van der Waals surface area contributed by atoms with E-state index >= 15 is 0 Å². The molecule has 0 spiro atoms. The first-order valence-electron chi connectivity index (χ1n) is 9.40. The third-order valence-electron chi connectivity index (χ3n) is 6.17. The molecule has 0 amide bonds. The summed E-state index contributed by atoms with van der Waals surface area (Å²) in [6, 6.07) is 3.77. The normalized spacial score (nSPS) is 32.3. The highest BCUT2D eigenvalue weighted by molar-refractivity contribution is 7.17. The Kier molecular flexibility index (Phi) is 6.13. The minimum Gasteiger partial charge on any atom is -0.486 e. The maximum Gasteiger partial charge on any atom is 0.162 e. The smallest absolute Gasteiger partial charge is 0.162 e. The quantitative estimate of drug-likeness (QED) is 0.587. The lowest BCUT2D eigenvalue weighted by Gasteiger charge is -2.38. The van der Waals surface area contributed by atoms with E-state index in [4.69, 9.17) is 4.74 Å². The molecule has 1 aromatic rings. The van der Waals surface area contributed by atoms with Gasteiger partial charge in [0.05, 0.1) is 0 Å². The van der Waals surface area contributed by atoms with Gasteiger partial charge in [-0.05, 0) is 74.3 Å². The highest BCUT2D eigenvalue weighted by Crippen LogP contribution is 2.43. The minimum absolute atomic E-state index is 0.0258. The predicted molar refractivity (Wildman–Crippen MR) is 97.1 cm³/mol. The Labute approximate surface area is 146 Å². The Bertz CT molecular complexity index is 534. The molecular weight excluding hydrogens is 325 g/mol. The van der Waals surface area contributed by atoms with E-state index in [1.54, 1.807) is 0 Å². The van der Waals surface area contributed by atoms with E-state index in [1.165, 1.54) is 57.4 Å². The van der Waals surface area contributed by atoms with E-state index in [0.717, 1.165) is 29.9 Å². The molecule has 1 aromatic carbocycles. The third kappa shape index (κ3) is 4.48. The Hall–Kier alpha value is -0.690. The fourth-order valence-corrected chi connectivity index (χ4v) is 5.05. The van der Waals surface area contributed by atoms with E-state index in [0.29, 0.717) is 11.7 Å². The number of hydrogen-bond acceptors (Lipinski definition) is 1. The van der Waals surface area contributed by atoms with E-state index in [1.807, 2.05) is 0 Å². The van der Waals surface area contributed by atoms with Crippen molar-refractivity contribution < 1.29 is 13.5 Å². The summed E-state index contributed by atoms with van der Waals surface area (Å²) < 4.78 is 32.1. The summed E-state index contributed by atoms with van der Waals surface area (Å²) in [5, 5.41) is 0. The van der Waals surface area contributed by atoms with Crippen LogP contribution in [-0.2, 0) is 0 Å². The van der Waals surface area contributed by atoms with Crippen molar-refractivity contribution in [2.45, 2.75) is 64.1 Å². The number of benzene rings is 1. The van der Waals surface area contributed by atoms with Gasteiger partial charge in [0.1, 0.15) is 11.6 Å². The Morgan fingerprint density at radius 2 is 1.50 bits per heavy atom. The first-order chi connectivity index (χ1) is 11.5. The molecule has 2 unspecified atom stereocenters. The number of ether oxygens (including phenoxy) is 1. The highest BCUT2D eigenvalue weighted by atomic mass is 31.0. The van der Waals surface area contributed by atoms with Gasteiger partial charge in [0.25, 0.3) is 0 Å². The molecule has 2 aliphatic rings. The van der Waals surface area contributed by atoms with E-state index in [9.17, 15) is 8.78 Å². The maximum absolute atomic E-state index is 13.3. The fourth-order valence-electron chi connectivity index (χ4n) is 4.51. The van der Waals surface area contributed by atoms with Gasteiger partial charge in [-0.25, -0.2) is 8.78 Å². The Balaban J connectivity index is 1.48. The van der Waals surface area contributed by atoms with Crippen molar-refractivity contribution in [3.8, 4) is 5.75 Å². The second-order valence-electron chi connectivity index (χ2n) is 7.85. The van der Waals surface area contributed by atoms with Gasteiger partial charge >= 0.3 is 0 Å². The molecule has 0 aromatic heterocycles. The summed E-state index contributed by atoms with van der Waals surface area (Å²) in [6.45, 7) is 2.38. The van der Waals surface area contributed by atoms with Gasteiger partial charge in [0, 0.05) is 6.07 Å². The van der Waals surface area contributed by atoms with Crippen LogP contribution in [-0.4, -0.2) is 5.85 Å². The average Bonchev–Trinajstić information content (AvgIpc) is 2.59. The molecule has 2 aliphatic carbocycles. The zero-order chi connectivity index (χ0) is 17.1. The van der Waals surface area contributed by atoms with Gasteiger partial charge in [0.15, 0.2) is 11.6 Å². The van der Waals surface area contributed by atoms with Crippen molar-refractivity contribution in [1.29, 1.82) is 0 Å². The number of halogens is 2. The molecule has 2 saturated carbocycles. The third-order valence-corrected chi connectivity index (χ3v) is 6.85. The summed E-state index contributed by atoms with van der Waals surface area (Å²) in [7, 11) is 2.75. The molecule has 1 nitrogen and oxygen atoms in total. The highest BCUT2D eigenvalue weighted by Gasteiger charge is 2.32. The van der Waals surface area contributed by atoms with Crippen LogP contribution in [0, 0.1) is 35.3 Å². The molecule has 2 fully saturated rings. The monoisotopic (exact) mass is 354 g/mol. The summed E-state index contributed by atoms with van der Waals surface area (Å²) in [4.78, 5) is 0. The van der Waals surface area contributed by atoms with Gasteiger partial charge in [-0.15, -0.1) is 0 Å². The first-order valence-corrected chi connectivity index (χ1v) is 10.1. The number of rotatable bonds is 4. The van der Waals surface area contributed by atoms with Crippen LogP contribution in [0.5, 0.6) is 5.75 Å². The number of hydrogen-bond donors (Lipinski definition) is 0. The minimum atomic E-state index is -0.847. The molecular formula is C20H29F2OP. The van der Waals surface area contributed by atoms with Crippen molar-refractivity contribution in [2.75, 3.05) is 0 Å². The van der Waals surface area contributed by atoms with E-state index in [2.05, 4.69) is 16.2 Å². The molecule has 134 valence electrons. The summed E-state index contributed by atoms with van der Waals surface area (Å²) in [5.41, 5.74) is 0. The molecule has 0 aliphatic heterocycles. The van der Waals surface area contributed by atoms with Gasteiger partial charge in [-0.1, -0.05) is 29.0 Å². The molecule has 0 bridgehead atoms. The standard InChI is InChI=1S/C20H29F2OP/c1-13-2-4-14(5-3-13)15-6-8-16(9-7-15)20(24)23-17-10-11-18(21)19(22)12-17/h10-16,20H,2-9,24H2,1H3. The predicted octanol–water partition coefficient (Wildman–Crippen LogP) is 6.18. The molecule has 0 heterocycles. The van der Waals surface area contributed by atoms with Crippen LogP contribution in [0.25, 0.3) is 0 Å². The molecule has 0 saturated heterocycles. The zero-order valence-corrected chi connectivity index (χ0v) is 15.7. The van der Waals surface area contributed by atoms with Crippen molar-refractivity contribution in [1.82, 2.24) is 0 Å². The molecule has 2 atom stereocenters. The maximum atomic E-state index is 13.3. The fraction of sp³-hybridized carbons (Fsp3) is 0.700. The first kappa shape index (κ1) is 18.1. The lowest BCUT2D eigenvalue weighted by molar-refractivity contribution is 0.113. The molecule has 0 radical (unpaired) electrons. The molecule has 3 rings (SSSR count). The SMILES string of the molecule is CC1CCC(C2CCC(C(P)Oc3ccc(F)c(F)c3)CC2)CC1. The second kappa shape index (κ2) is 8.13. The summed E-state index contributed by atoms with van der Waals surface area (Å²) >= 11 is 0. The average molecular weight is 354 g/mol. The van der Waals surface area contributed by atoms with Crippen LogP contribution in [0.3, 0.4) is 0 Å². The largest absolute Gasteiger partial charge is 0.486 e. The van der Waals surface area contributed by atoms with Crippen LogP contribution in [0.2, 0.25) is 0 Å². The topological polar surface area (TPSA) is 9.23 Å². The lowest BCUT2D eigenvalue weighted by Crippen LogP contribution is -2.30. The Morgan fingerprint density at radius 3 is 2.08 bits per heavy atom. The van der Waals surface area contributed by atoms with Crippen molar-refractivity contribution in [2.24, 2.45) is 23.7 Å². The zero-order valence-electron chi connectivity index (χ0n) is 14.5. The van der Waals surface area contributed by atoms with Crippen molar-refractivity contribution >= 4 is 9.24 Å². The van der Waals surface area contributed by atoms with E-state index in [-0.39, 0.29) is 5.85 Å². The second-order valence-corrected chi connectivity index (χ2v) is 8.51. The van der Waals surface area contributed by atoms with Crippen LogP contribution >= 0.6 is 9.24 Å². The van der Waals surface area contributed by atoms with E-state index < -0.39 is 11.6 Å². The van der Waals surface area contributed by atoms with Gasteiger partial charge < -0.3 is 4.74 Å². The van der Waals surface area contributed by atoms with Crippen LogP contribution in [0.4, 0.5) is 8.78 Å². The van der Waals surface area contributed by atoms with Crippen LogP contribution in [0.1, 0.15) is 58.3 Å². The lowest BCUT2D eigenvalue weighted by atomic mass is 9.69. The van der Waals surface area contributed by atoms with Gasteiger partial charge in [-0.3, -0.25) is 0 Å². The van der Waals surface area contributed by atoms with Crippen molar-refractivity contribution in [3.63, 3.8) is 0 Å². The van der Waals surface area contributed by atoms with Gasteiger partial charge in [-0.2, -0.15) is 0 Å². The molecule has 0 N–H and O–H groups in total. The van der Waals surface area contributed by atoms with Crippen LogP contribution in [0.15, 0.2) is 18.2 Å². The van der Waals surface area contributed by atoms with Crippen molar-refractivity contribution in [3.05, 3.63) is 29.8 Å². The van der Waals surface area contributed by atoms with Crippen LogP contribution < -0.4 is 4.74 Å². The summed E-state index contributed by atoms with van der Waals surface area (Å²) in [5.74, 6) is 1.93. The van der Waals surface area contributed by atoms with Gasteiger partial charge in [0.2, 0.25) is 0 Å². The molecule has 24 heavy (non-hydrogen) atoms. The molecule has 4 heteroatoms. The Morgan fingerprint density at radius 1 is 0.917 bits per heavy atom. The summed E-state index contributed by atoms with van der Waals surface area (Å²) in [6.07, 6.45) is 10.5.